The summed E-state index contributed by atoms with van der Waals surface area (Å²) >= 11 is 7.31. The molecule has 0 unspecified atom stereocenters. The van der Waals surface area contributed by atoms with Crippen molar-refractivity contribution in [3.8, 4) is 68.7 Å². The molecule has 8 heterocycles. The molecule has 0 aliphatic carbocycles. The highest BCUT2D eigenvalue weighted by Crippen LogP contribution is 2.66. The maximum Gasteiger partial charge on any atom is 0.367 e. The van der Waals surface area contributed by atoms with Gasteiger partial charge in [-0.3, -0.25) is 0 Å². The van der Waals surface area contributed by atoms with E-state index in [1.54, 1.807) is 146 Å². The van der Waals surface area contributed by atoms with Gasteiger partial charge in [0.25, 0.3) is 0 Å². The van der Waals surface area contributed by atoms with Crippen LogP contribution in [0.3, 0.4) is 0 Å². The van der Waals surface area contributed by atoms with E-state index in [-0.39, 0.29) is 60.6 Å². The van der Waals surface area contributed by atoms with Crippen molar-refractivity contribution in [1.82, 2.24) is 0 Å². The molecule has 0 fully saturated rings. The number of benzene rings is 4. The number of carbonyl (C=O) groups is 4. The van der Waals surface area contributed by atoms with E-state index in [9.17, 15) is 15.8 Å². The summed E-state index contributed by atoms with van der Waals surface area (Å²) < 4.78 is 39.3. The number of esters is 4. The molecule has 0 saturated heterocycles. The zero-order valence-electron chi connectivity index (χ0n) is 42.7. The number of carbonyl (C=O) groups excluding carboxylic acids is 4. The Bertz CT molecular complexity index is 4260. The van der Waals surface area contributed by atoms with Crippen LogP contribution in [0.25, 0.3) is 48.4 Å². The summed E-state index contributed by atoms with van der Waals surface area (Å²) in [6.45, 7) is -0.937. The number of hydrogen-bond donors (Lipinski definition) is 1. The zero-order valence-corrected chi connectivity index (χ0v) is 47.6. The van der Waals surface area contributed by atoms with E-state index >= 15 is 19.2 Å². The number of amidine groups is 1. The first-order valence-electron chi connectivity index (χ1n) is 24.9. The second-order valence-corrected chi connectivity index (χ2v) is 24.5. The Morgan fingerprint density at radius 1 is 0.434 bits per heavy atom. The van der Waals surface area contributed by atoms with E-state index in [2.05, 4.69) is 9.98 Å². The van der Waals surface area contributed by atoms with E-state index in [0.717, 1.165) is 0 Å². The SMILES string of the molecule is N#CC(N)=Nc1ccc(-c2cc3c(s2)-c2sc4c5c(sc4c2OC3(C(=O)OCc2ccccc2)C(=O)OCc2ccccc2)-c2sc(-c3ccc(N=C(C#N)C#N)s3)cc2C(C(=O)OCc2ccccc2)(C(=O)OCc2ccccc2)O5)s1. The van der Waals surface area contributed by atoms with Gasteiger partial charge in [-0.2, -0.15) is 15.8 Å². The lowest BCUT2D eigenvalue weighted by Gasteiger charge is -2.33. The average Bonchev–Trinajstić information content (AvgIpc) is 1.81. The van der Waals surface area contributed by atoms with Crippen LogP contribution in [0.1, 0.15) is 33.4 Å². The molecule has 6 aromatic heterocycles. The smallest absolute Gasteiger partial charge is 0.367 e. The van der Waals surface area contributed by atoms with E-state index in [0.29, 0.717) is 80.7 Å². The highest BCUT2D eigenvalue weighted by Gasteiger charge is 2.62. The minimum atomic E-state index is -2.60. The van der Waals surface area contributed by atoms with Crippen LogP contribution in [-0.2, 0) is 75.8 Å². The third kappa shape index (κ3) is 10.1. The molecule has 16 nitrogen and oxygen atoms in total. The third-order valence-electron chi connectivity index (χ3n) is 13.0. The molecule has 0 amide bonds. The van der Waals surface area contributed by atoms with Gasteiger partial charge < -0.3 is 34.2 Å². The minimum Gasteiger partial charge on any atom is -0.457 e. The number of hydrogen-bond acceptors (Lipinski definition) is 21. The number of nitriles is 3. The third-order valence-corrected chi connectivity index (χ3v) is 20.5. The van der Waals surface area contributed by atoms with Crippen LogP contribution in [0, 0.1) is 34.0 Å². The fourth-order valence-corrected chi connectivity index (χ4v) is 16.4. The van der Waals surface area contributed by atoms with Crippen LogP contribution < -0.4 is 15.2 Å². The van der Waals surface area contributed by atoms with Gasteiger partial charge in [-0.05, 0) is 58.7 Å². The van der Waals surface area contributed by atoms with Gasteiger partial charge in [0.15, 0.2) is 11.5 Å². The molecule has 4 aromatic carbocycles. The van der Waals surface area contributed by atoms with Gasteiger partial charge in [-0.1, -0.05) is 121 Å². The summed E-state index contributed by atoms with van der Waals surface area (Å²) in [5, 5.41) is 29.2. The summed E-state index contributed by atoms with van der Waals surface area (Å²) in [6.07, 6.45) is 0. The Balaban J connectivity index is 1.06. The molecule has 12 rings (SSSR count). The number of nitrogens with zero attached hydrogens (tertiary/aromatic N) is 5. The van der Waals surface area contributed by atoms with Crippen molar-refractivity contribution in [2.45, 2.75) is 37.6 Å². The zero-order chi connectivity index (χ0) is 57.2. The van der Waals surface area contributed by atoms with Gasteiger partial charge in [0, 0.05) is 30.6 Å². The standard InChI is InChI=1S/C61H36N6O10S6/c62-27-38(28-63)66-46-23-21-41(78-46)43-25-39-50(80-43)52-48(76-60(39,56(68)72-30-34-13-5-1-6-14-34)57(69)73-31-35-15-7-2-8-16-35)54-55(82-52)49-53(83-54)51-40(26-44(81-51)42-22-24-47(79-42)67-45(65)29-64)61(77-49,58(70)74-32-36-17-9-3-10-18-36)59(71)75-33-37-19-11-4-12-20-37/h1-26H,30-33H2,(H2,65,67). The minimum absolute atomic E-state index is 0.101. The largest absolute Gasteiger partial charge is 0.457 e. The van der Waals surface area contributed by atoms with E-state index in [1.807, 2.05) is 30.3 Å². The molecule has 22 heteroatoms. The number of rotatable bonds is 16. The predicted molar refractivity (Wildman–Crippen MR) is 318 cm³/mol. The lowest BCUT2D eigenvalue weighted by Crippen LogP contribution is -2.52. The monoisotopic (exact) mass is 1200 g/mol. The molecular weight excluding hydrogens is 1170 g/mol. The number of ether oxygens (including phenoxy) is 6. The second kappa shape index (κ2) is 22.8. The fraction of sp³-hybridized carbons (Fsp3) is 0.0984. The van der Waals surface area contributed by atoms with Gasteiger partial charge in [-0.25, -0.2) is 29.2 Å². The molecule has 83 heavy (non-hydrogen) atoms. The van der Waals surface area contributed by atoms with Crippen molar-refractivity contribution in [2.75, 3.05) is 0 Å². The Kier molecular flexibility index (Phi) is 14.8. The topological polar surface area (TPSA) is 246 Å². The van der Waals surface area contributed by atoms with Gasteiger partial charge in [0.05, 0.1) is 28.9 Å². The van der Waals surface area contributed by atoms with Crippen LogP contribution in [-0.4, -0.2) is 35.4 Å². The highest BCUT2D eigenvalue weighted by atomic mass is 32.1. The Morgan fingerprint density at radius 3 is 1.12 bits per heavy atom. The molecule has 0 spiro atoms. The molecule has 2 N–H and O–H groups in total. The predicted octanol–water partition coefficient (Wildman–Crippen LogP) is 13.7. The average molecular weight is 1210 g/mol. The Morgan fingerprint density at radius 2 is 0.783 bits per heavy atom. The van der Waals surface area contributed by atoms with Crippen molar-refractivity contribution in [3.63, 3.8) is 0 Å². The fourth-order valence-electron chi connectivity index (χ4n) is 9.12. The van der Waals surface area contributed by atoms with Crippen LogP contribution in [0.15, 0.2) is 168 Å². The van der Waals surface area contributed by atoms with Crippen molar-refractivity contribution >= 4 is 123 Å². The summed E-state index contributed by atoms with van der Waals surface area (Å²) in [7, 11) is 0. The Hall–Kier alpha value is -9.57. The van der Waals surface area contributed by atoms with Crippen molar-refractivity contribution in [3.05, 3.63) is 191 Å². The lowest BCUT2D eigenvalue weighted by molar-refractivity contribution is -0.185. The van der Waals surface area contributed by atoms with Gasteiger partial charge in [0.1, 0.15) is 54.6 Å². The molecule has 0 bridgehead atoms. The van der Waals surface area contributed by atoms with Crippen molar-refractivity contribution in [1.29, 1.82) is 15.8 Å². The van der Waals surface area contributed by atoms with Crippen LogP contribution in [0.4, 0.5) is 10.0 Å². The van der Waals surface area contributed by atoms with Crippen LogP contribution in [0.5, 0.6) is 11.5 Å². The second-order valence-electron chi connectivity index (χ2n) is 18.3. The molecule has 0 atom stereocenters. The normalized spacial score (nSPS) is 13.2. The number of thiophene rings is 6. The first kappa shape index (κ1) is 54.0. The molecule has 0 saturated carbocycles. The summed E-state index contributed by atoms with van der Waals surface area (Å²) in [5.74, 6) is -4.30. The van der Waals surface area contributed by atoms with Gasteiger partial charge in [0.2, 0.25) is 11.5 Å². The molecule has 406 valence electrons. The van der Waals surface area contributed by atoms with Crippen molar-refractivity contribution < 1.29 is 47.6 Å². The Labute approximate surface area is 496 Å². The number of nitrogens with two attached hydrogens (primary N) is 1. The molecule has 10 aromatic rings. The summed E-state index contributed by atoms with van der Waals surface area (Å²) in [6, 6.07) is 51.5. The van der Waals surface area contributed by atoms with E-state index in [4.69, 9.17) is 34.2 Å². The first-order chi connectivity index (χ1) is 40.5. The van der Waals surface area contributed by atoms with E-state index in [1.165, 1.54) is 68.0 Å². The quantitative estimate of drug-likeness (QED) is 0.0311. The van der Waals surface area contributed by atoms with Crippen molar-refractivity contribution in [2.24, 2.45) is 15.7 Å². The van der Waals surface area contributed by atoms with Gasteiger partial charge >= 0.3 is 35.1 Å². The maximum atomic E-state index is 15.4. The molecular formula is C61H36N6O10S6. The molecule has 2 aliphatic rings. The van der Waals surface area contributed by atoms with Crippen LogP contribution in [0.2, 0.25) is 0 Å². The molecule has 2 aliphatic heterocycles. The summed E-state index contributed by atoms with van der Waals surface area (Å²) in [5.41, 5.74) is 3.06. The number of aliphatic imine (C=N–C) groups is 2. The lowest BCUT2D eigenvalue weighted by atomic mass is 9.90. The maximum absolute atomic E-state index is 15.4. The highest BCUT2D eigenvalue weighted by molar-refractivity contribution is 7.36. The molecule has 0 radical (unpaired) electrons. The van der Waals surface area contributed by atoms with Crippen LogP contribution >= 0.6 is 68.0 Å². The van der Waals surface area contributed by atoms with Gasteiger partial charge in [-0.15, -0.1) is 68.0 Å². The number of fused-ring (bicyclic) bond motifs is 9. The first-order valence-corrected chi connectivity index (χ1v) is 29.8. The summed E-state index contributed by atoms with van der Waals surface area (Å²) in [4.78, 5) is 74.2. The van der Waals surface area contributed by atoms with E-state index < -0.39 is 35.1 Å².